The molecule has 0 saturated heterocycles. The number of nitrogens with two attached hydrogens (primary N) is 1. The molecule has 0 spiro atoms. The molecule has 2 nitrogen and oxygen atoms in total. The minimum absolute atomic E-state index is 0.498. The van der Waals surface area contributed by atoms with Crippen molar-refractivity contribution in [2.75, 3.05) is 6.67 Å². The minimum atomic E-state index is -0.597. The summed E-state index contributed by atoms with van der Waals surface area (Å²) in [7, 11) is 0. The number of alkyl halides is 1. The Bertz CT molecular complexity index is 162. The van der Waals surface area contributed by atoms with Gasteiger partial charge >= 0.3 is 0 Å². The van der Waals surface area contributed by atoms with Crippen LogP contribution in [0.4, 0.5) is 4.39 Å². The Hall–Kier alpha value is -0.830. The monoisotopic (exact) mass is 129 g/mol. The summed E-state index contributed by atoms with van der Waals surface area (Å²) in [5, 5.41) is 0. The maximum absolute atomic E-state index is 11.8. The van der Waals surface area contributed by atoms with Gasteiger partial charge in [0.05, 0.1) is 12.3 Å². The Kier molecular flexibility index (Phi) is 1.85. The molecule has 1 heterocycles. The second kappa shape index (κ2) is 2.64. The van der Waals surface area contributed by atoms with E-state index in [-0.39, 0.29) is 0 Å². The maximum atomic E-state index is 11.8. The first-order valence-corrected chi connectivity index (χ1v) is 2.69. The van der Waals surface area contributed by atoms with E-state index in [0.717, 1.165) is 0 Å². The average Bonchev–Trinajstić information content (AvgIpc) is 2.37. The molecule has 0 unspecified atom stereocenters. The lowest BCUT2D eigenvalue weighted by Gasteiger charge is -1.99. The summed E-state index contributed by atoms with van der Waals surface area (Å²) in [5.41, 5.74) is 5.27. The summed E-state index contributed by atoms with van der Waals surface area (Å²) in [6, 6.07) is 2.75. The molecule has 0 aliphatic heterocycles. The highest BCUT2D eigenvalue weighted by Gasteiger charge is 2.05. The van der Waals surface area contributed by atoms with Crippen LogP contribution >= 0.6 is 0 Å². The Balaban J connectivity index is 2.65. The molecule has 0 aliphatic carbocycles. The highest BCUT2D eigenvalue weighted by molar-refractivity contribution is 5.02. The zero-order valence-corrected chi connectivity index (χ0v) is 4.88. The van der Waals surface area contributed by atoms with Gasteiger partial charge in [0.15, 0.2) is 0 Å². The van der Waals surface area contributed by atoms with E-state index < -0.39 is 12.7 Å². The van der Waals surface area contributed by atoms with Crippen molar-refractivity contribution in [1.29, 1.82) is 0 Å². The highest BCUT2D eigenvalue weighted by atomic mass is 19.1. The van der Waals surface area contributed by atoms with Crippen LogP contribution in [0.15, 0.2) is 22.8 Å². The largest absolute Gasteiger partial charge is 0.468 e. The second-order valence-corrected chi connectivity index (χ2v) is 1.78. The lowest BCUT2D eigenvalue weighted by Crippen LogP contribution is -2.10. The van der Waals surface area contributed by atoms with E-state index in [0.29, 0.717) is 5.76 Å². The Morgan fingerprint density at radius 3 is 3.00 bits per heavy atom. The van der Waals surface area contributed by atoms with Gasteiger partial charge in [-0.05, 0) is 12.1 Å². The third-order valence-electron chi connectivity index (χ3n) is 1.07. The van der Waals surface area contributed by atoms with Crippen molar-refractivity contribution in [3.05, 3.63) is 24.2 Å². The van der Waals surface area contributed by atoms with Crippen LogP contribution in [-0.2, 0) is 0 Å². The van der Waals surface area contributed by atoms with Crippen LogP contribution in [-0.4, -0.2) is 6.67 Å². The fourth-order valence-corrected chi connectivity index (χ4v) is 0.578. The SMILES string of the molecule is N[C@H](CF)c1ccco1. The van der Waals surface area contributed by atoms with Crippen molar-refractivity contribution >= 4 is 0 Å². The second-order valence-electron chi connectivity index (χ2n) is 1.78. The van der Waals surface area contributed by atoms with Gasteiger partial charge in [-0.3, -0.25) is 0 Å². The Labute approximate surface area is 52.5 Å². The number of halogens is 1. The lowest BCUT2D eigenvalue weighted by molar-refractivity contribution is 0.381. The zero-order valence-electron chi connectivity index (χ0n) is 4.88. The van der Waals surface area contributed by atoms with E-state index in [4.69, 9.17) is 10.2 Å². The molecule has 1 aromatic heterocycles. The molecule has 3 heteroatoms. The number of rotatable bonds is 2. The molecule has 2 N–H and O–H groups in total. The van der Waals surface area contributed by atoms with Gasteiger partial charge in [-0.25, -0.2) is 4.39 Å². The van der Waals surface area contributed by atoms with Gasteiger partial charge in [0.1, 0.15) is 12.4 Å². The van der Waals surface area contributed by atoms with Crippen molar-refractivity contribution in [1.82, 2.24) is 0 Å². The summed E-state index contributed by atoms with van der Waals surface area (Å²) in [6.07, 6.45) is 1.48. The quantitative estimate of drug-likeness (QED) is 0.652. The fraction of sp³-hybridized carbons (Fsp3) is 0.333. The fourth-order valence-electron chi connectivity index (χ4n) is 0.578. The van der Waals surface area contributed by atoms with Crippen molar-refractivity contribution in [3.8, 4) is 0 Å². The van der Waals surface area contributed by atoms with Gasteiger partial charge < -0.3 is 10.2 Å². The van der Waals surface area contributed by atoms with E-state index in [1.165, 1.54) is 6.26 Å². The molecule has 1 rings (SSSR count). The molecule has 0 saturated carbocycles. The van der Waals surface area contributed by atoms with Gasteiger partial charge in [0.2, 0.25) is 0 Å². The first-order chi connectivity index (χ1) is 4.34. The molecule has 9 heavy (non-hydrogen) atoms. The molecule has 0 fully saturated rings. The highest BCUT2D eigenvalue weighted by Crippen LogP contribution is 2.09. The summed E-state index contributed by atoms with van der Waals surface area (Å²) in [5.74, 6) is 0.498. The molecule has 50 valence electrons. The van der Waals surface area contributed by atoms with Crippen LogP contribution in [0.25, 0.3) is 0 Å². The van der Waals surface area contributed by atoms with E-state index >= 15 is 0 Å². The van der Waals surface area contributed by atoms with Crippen molar-refractivity contribution in [2.45, 2.75) is 6.04 Å². The van der Waals surface area contributed by atoms with Crippen LogP contribution < -0.4 is 5.73 Å². The van der Waals surface area contributed by atoms with E-state index in [2.05, 4.69) is 0 Å². The predicted molar refractivity (Wildman–Crippen MR) is 31.6 cm³/mol. The van der Waals surface area contributed by atoms with Crippen LogP contribution in [0.5, 0.6) is 0 Å². The van der Waals surface area contributed by atoms with E-state index in [1.807, 2.05) is 0 Å². The number of furan rings is 1. The number of hydrogen-bond acceptors (Lipinski definition) is 2. The first kappa shape index (κ1) is 6.29. The van der Waals surface area contributed by atoms with Gasteiger partial charge in [0, 0.05) is 0 Å². The third-order valence-corrected chi connectivity index (χ3v) is 1.07. The molecule has 0 amide bonds. The molecular weight excluding hydrogens is 121 g/mol. The van der Waals surface area contributed by atoms with Gasteiger partial charge in [0.25, 0.3) is 0 Å². The van der Waals surface area contributed by atoms with Gasteiger partial charge in [-0.15, -0.1) is 0 Å². The Morgan fingerprint density at radius 2 is 2.56 bits per heavy atom. The van der Waals surface area contributed by atoms with Crippen molar-refractivity contribution in [2.24, 2.45) is 5.73 Å². The minimum Gasteiger partial charge on any atom is -0.468 e. The molecular formula is C6H8FNO. The summed E-state index contributed by atoms with van der Waals surface area (Å²) >= 11 is 0. The van der Waals surface area contributed by atoms with Crippen LogP contribution in [0.3, 0.4) is 0 Å². The molecule has 0 bridgehead atoms. The van der Waals surface area contributed by atoms with Crippen molar-refractivity contribution < 1.29 is 8.81 Å². The molecule has 1 atom stereocenters. The standard InChI is InChI=1S/C6H8FNO/c7-4-5(8)6-2-1-3-9-6/h1-3,5H,4,8H2/t5-/m1/s1. The predicted octanol–water partition coefficient (Wildman–Crippen LogP) is 1.25. The molecule has 0 radical (unpaired) electrons. The van der Waals surface area contributed by atoms with E-state index in [1.54, 1.807) is 12.1 Å². The average molecular weight is 129 g/mol. The molecule has 1 aromatic rings. The summed E-state index contributed by atoms with van der Waals surface area (Å²) in [4.78, 5) is 0. The van der Waals surface area contributed by atoms with Crippen LogP contribution in [0.1, 0.15) is 11.8 Å². The molecule has 0 aromatic carbocycles. The first-order valence-electron chi connectivity index (χ1n) is 2.69. The third kappa shape index (κ3) is 1.29. The van der Waals surface area contributed by atoms with E-state index in [9.17, 15) is 4.39 Å². The summed E-state index contributed by atoms with van der Waals surface area (Å²) < 4.78 is 16.6. The summed E-state index contributed by atoms with van der Waals surface area (Å²) in [6.45, 7) is -0.576. The van der Waals surface area contributed by atoms with Crippen LogP contribution in [0, 0.1) is 0 Å². The Morgan fingerprint density at radius 1 is 1.78 bits per heavy atom. The van der Waals surface area contributed by atoms with Crippen molar-refractivity contribution in [3.63, 3.8) is 0 Å². The maximum Gasteiger partial charge on any atom is 0.123 e. The topological polar surface area (TPSA) is 39.2 Å². The normalized spacial score (nSPS) is 13.6. The molecule has 0 aliphatic rings. The number of hydrogen-bond donors (Lipinski definition) is 1. The lowest BCUT2D eigenvalue weighted by atomic mass is 10.3. The van der Waals surface area contributed by atoms with Crippen LogP contribution in [0.2, 0.25) is 0 Å². The van der Waals surface area contributed by atoms with Gasteiger partial charge in [-0.1, -0.05) is 0 Å². The zero-order chi connectivity index (χ0) is 6.69. The van der Waals surface area contributed by atoms with Gasteiger partial charge in [-0.2, -0.15) is 0 Å². The smallest absolute Gasteiger partial charge is 0.123 e.